The first-order chi connectivity index (χ1) is 15.4. The van der Waals surface area contributed by atoms with Gasteiger partial charge in [-0.3, -0.25) is 14.3 Å². The van der Waals surface area contributed by atoms with Gasteiger partial charge in [-0.1, -0.05) is 60.7 Å². The number of aromatic amines is 1. The second-order valence-corrected chi connectivity index (χ2v) is 7.50. The number of aromatic nitrogens is 2. The molecule has 3 atom stereocenters. The van der Waals surface area contributed by atoms with Crippen LogP contribution in [0.5, 0.6) is 0 Å². The maximum absolute atomic E-state index is 12.4. The van der Waals surface area contributed by atoms with Gasteiger partial charge < -0.3 is 14.2 Å². The fourth-order valence-electron chi connectivity index (χ4n) is 3.47. The average Bonchev–Trinajstić information content (AvgIpc) is 3.13. The molecule has 1 aliphatic heterocycles. The van der Waals surface area contributed by atoms with Crippen LogP contribution >= 0.6 is 0 Å². The molecule has 0 bridgehead atoms. The van der Waals surface area contributed by atoms with Gasteiger partial charge in [0.15, 0.2) is 0 Å². The number of nitrogens with zero attached hydrogens (tertiary/aromatic N) is 1. The summed E-state index contributed by atoms with van der Waals surface area (Å²) in [6, 6.07) is 19.3. The summed E-state index contributed by atoms with van der Waals surface area (Å²) in [5.74, 6) is 0. The molecule has 0 spiro atoms. The van der Waals surface area contributed by atoms with Crippen molar-refractivity contribution in [2.45, 2.75) is 45.0 Å². The molecule has 0 radical (unpaired) electrons. The van der Waals surface area contributed by atoms with Gasteiger partial charge in [0.2, 0.25) is 0 Å². The van der Waals surface area contributed by atoms with Gasteiger partial charge in [0.05, 0.1) is 27.3 Å². The minimum Gasteiger partial charge on any atom is -0.374 e. The predicted molar refractivity (Wildman–Crippen MR) is 116 cm³/mol. The maximum atomic E-state index is 12.4. The zero-order valence-corrected chi connectivity index (χ0v) is 17.3. The molecule has 0 saturated carbocycles. The highest BCUT2D eigenvalue weighted by Crippen LogP contribution is 2.31. The summed E-state index contributed by atoms with van der Waals surface area (Å²) < 4.78 is 28.2. The summed E-state index contributed by atoms with van der Waals surface area (Å²) in [4.78, 5) is 26.4. The Labute approximate surface area is 181 Å². The van der Waals surface area contributed by atoms with Crippen LogP contribution in [-0.2, 0) is 27.4 Å². The third-order valence-electron chi connectivity index (χ3n) is 5.16. The Kier molecular flexibility index (Phi) is 6.35. The van der Waals surface area contributed by atoms with Crippen LogP contribution in [0.3, 0.4) is 0 Å². The summed E-state index contributed by atoms with van der Waals surface area (Å²) in [6.45, 7) is 2.35. The molecule has 7 heteroatoms. The number of aryl methyl sites for hydroxylation is 1. The van der Waals surface area contributed by atoms with Crippen LogP contribution in [0.1, 0.15) is 30.7 Å². The molecule has 1 fully saturated rings. The Morgan fingerprint density at radius 2 is 1.71 bits per heavy atom. The van der Waals surface area contributed by atoms with Crippen LogP contribution in [0.15, 0.2) is 76.4 Å². The van der Waals surface area contributed by atoms with E-state index in [9.17, 15) is 9.59 Å². The molecule has 1 aliphatic rings. The van der Waals surface area contributed by atoms with Gasteiger partial charge in [-0.2, -0.15) is 0 Å². The second kappa shape index (κ2) is 9.87. The molecule has 0 aliphatic carbocycles. The molecule has 1 aromatic heterocycles. The molecule has 31 heavy (non-hydrogen) atoms. The van der Waals surface area contributed by atoms with E-state index in [4.69, 9.17) is 15.6 Å². The van der Waals surface area contributed by atoms with Gasteiger partial charge in [-0.25, -0.2) is 4.79 Å². The molecule has 1 saturated heterocycles. The number of ether oxygens (including phenoxy) is 3. The normalized spacial score (nSPS) is 23.6. The van der Waals surface area contributed by atoms with Crippen molar-refractivity contribution < 1.29 is 15.6 Å². The van der Waals surface area contributed by atoms with E-state index in [0.717, 1.165) is 11.1 Å². The minimum atomic E-state index is -1.43. The molecular formula is C24H26N2O5. The Bertz CT molecular complexity index is 1150. The lowest BCUT2D eigenvalue weighted by molar-refractivity contribution is -0.0832. The quantitative estimate of drug-likeness (QED) is 0.602. The van der Waals surface area contributed by atoms with Crippen LogP contribution in [0.2, 0.25) is 0 Å². The largest absolute Gasteiger partial charge is 0.374 e. The highest BCUT2D eigenvalue weighted by molar-refractivity contribution is 5.14. The molecule has 0 unspecified atom stereocenters. The number of nitrogens with one attached hydrogen (secondary N) is 1. The topological polar surface area (TPSA) is 82.6 Å². The first-order valence-corrected chi connectivity index (χ1v) is 10.2. The standard InChI is InChI=1S/C24H26N2O5/c1-17-13-26(24(28)25-23(17)27)22-12-20(30-15-19-10-6-3-7-11-19)21(31-22)16-29-14-18-8-4-2-5-9-18/h2-11,13,20-22H,12,14-16H2,1H3,(H,25,27,28)/t20-,21+,22+/m0/s1/i20D. The van der Waals surface area contributed by atoms with Gasteiger partial charge in [0, 0.05) is 18.2 Å². The molecule has 3 aromatic rings. The lowest BCUT2D eigenvalue weighted by atomic mass is 10.1. The van der Waals surface area contributed by atoms with Crippen LogP contribution in [0.4, 0.5) is 0 Å². The predicted octanol–water partition coefficient (Wildman–Crippen LogP) is 2.93. The average molecular weight is 423 g/mol. The maximum Gasteiger partial charge on any atom is 0.330 e. The van der Waals surface area contributed by atoms with Crippen molar-refractivity contribution in [3.63, 3.8) is 0 Å². The Balaban J connectivity index is 1.52. The molecule has 2 aromatic carbocycles. The molecule has 0 amide bonds. The number of rotatable bonds is 8. The van der Waals surface area contributed by atoms with Gasteiger partial charge in [0.1, 0.15) is 12.3 Å². The molecular weight excluding hydrogens is 396 g/mol. The summed E-state index contributed by atoms with van der Waals surface area (Å²) >= 11 is 0. The van der Waals surface area contributed by atoms with E-state index >= 15 is 0 Å². The minimum absolute atomic E-state index is 0.116. The van der Waals surface area contributed by atoms with E-state index in [-0.39, 0.29) is 19.6 Å². The summed E-state index contributed by atoms with van der Waals surface area (Å²) in [5.41, 5.74) is 1.31. The Morgan fingerprint density at radius 3 is 2.39 bits per heavy atom. The summed E-state index contributed by atoms with van der Waals surface area (Å²) in [7, 11) is 0. The summed E-state index contributed by atoms with van der Waals surface area (Å²) in [5, 5.41) is 0. The van der Waals surface area contributed by atoms with Crippen LogP contribution in [-0.4, -0.2) is 28.3 Å². The zero-order valence-electron chi connectivity index (χ0n) is 18.3. The van der Waals surface area contributed by atoms with E-state index in [1.165, 1.54) is 10.8 Å². The molecule has 1 N–H and O–H groups in total. The second-order valence-electron chi connectivity index (χ2n) is 7.50. The van der Waals surface area contributed by atoms with Gasteiger partial charge in [-0.15, -0.1) is 0 Å². The lowest BCUT2D eigenvalue weighted by Gasteiger charge is -2.19. The number of hydrogen-bond acceptors (Lipinski definition) is 5. The Hall–Kier alpha value is -3.00. The molecule has 7 nitrogen and oxygen atoms in total. The van der Waals surface area contributed by atoms with E-state index < -0.39 is 29.7 Å². The third kappa shape index (κ3) is 5.38. The van der Waals surface area contributed by atoms with Crippen LogP contribution in [0.25, 0.3) is 0 Å². The van der Waals surface area contributed by atoms with E-state index in [0.29, 0.717) is 12.2 Å². The van der Waals surface area contributed by atoms with Crippen molar-refractivity contribution >= 4 is 0 Å². The number of benzene rings is 2. The molecule has 4 rings (SSSR count). The SMILES string of the molecule is [2H][C@]1(OCc2ccccc2)C[C@H](n2cc(C)c(=O)[nH]c2=O)O[C@@H]1COCc1ccccc1. The van der Waals surface area contributed by atoms with Crippen molar-refractivity contribution in [2.24, 2.45) is 0 Å². The van der Waals surface area contributed by atoms with Crippen molar-refractivity contribution in [2.75, 3.05) is 6.61 Å². The lowest BCUT2D eigenvalue weighted by Crippen LogP contribution is -2.33. The first kappa shape index (κ1) is 19.9. The highest BCUT2D eigenvalue weighted by Gasteiger charge is 2.37. The molecule has 162 valence electrons. The summed E-state index contributed by atoms with van der Waals surface area (Å²) in [6.07, 6.45) is -1.34. The first-order valence-electron chi connectivity index (χ1n) is 10.7. The van der Waals surface area contributed by atoms with Crippen LogP contribution in [0, 0.1) is 6.92 Å². The van der Waals surface area contributed by atoms with Crippen molar-refractivity contribution in [3.05, 3.63) is 104 Å². The Morgan fingerprint density at radius 1 is 1.06 bits per heavy atom. The fourth-order valence-corrected chi connectivity index (χ4v) is 3.47. The zero-order chi connectivity index (χ0) is 22.6. The van der Waals surface area contributed by atoms with Gasteiger partial charge in [-0.05, 0) is 18.1 Å². The van der Waals surface area contributed by atoms with Gasteiger partial charge >= 0.3 is 5.69 Å². The number of H-pyrrole nitrogens is 1. The van der Waals surface area contributed by atoms with Crippen molar-refractivity contribution in [3.8, 4) is 0 Å². The van der Waals surface area contributed by atoms with Crippen LogP contribution < -0.4 is 11.2 Å². The third-order valence-corrected chi connectivity index (χ3v) is 5.16. The fraction of sp³-hybridized carbons (Fsp3) is 0.333. The van der Waals surface area contributed by atoms with E-state index in [2.05, 4.69) is 4.98 Å². The highest BCUT2D eigenvalue weighted by atomic mass is 16.6. The van der Waals surface area contributed by atoms with E-state index in [1.807, 2.05) is 60.7 Å². The number of hydrogen-bond donors (Lipinski definition) is 1. The van der Waals surface area contributed by atoms with Crippen molar-refractivity contribution in [1.29, 1.82) is 0 Å². The molecule has 2 heterocycles. The monoisotopic (exact) mass is 423 g/mol. The van der Waals surface area contributed by atoms with Gasteiger partial charge in [0.25, 0.3) is 5.56 Å². The van der Waals surface area contributed by atoms with E-state index in [1.54, 1.807) is 6.92 Å². The van der Waals surface area contributed by atoms with Crippen molar-refractivity contribution in [1.82, 2.24) is 9.55 Å². The smallest absolute Gasteiger partial charge is 0.330 e.